The molecule has 0 spiro atoms. The first kappa shape index (κ1) is 28.8. The smallest absolute Gasteiger partial charge is 0.218 e. The van der Waals surface area contributed by atoms with Gasteiger partial charge in [0, 0.05) is 32.8 Å². The molecule has 7 aromatic carbocycles. The number of para-hydroxylation sites is 4. The molecule has 0 fully saturated rings. The first-order valence-electron chi connectivity index (χ1n) is 16.2. The normalized spacial score (nSPS) is 11.1. The van der Waals surface area contributed by atoms with Gasteiger partial charge >= 0.3 is 0 Å². The van der Waals surface area contributed by atoms with Crippen LogP contribution in [0.25, 0.3) is 86.9 Å². The van der Waals surface area contributed by atoms with Crippen LogP contribution in [0.4, 0.5) is 11.4 Å². The van der Waals surface area contributed by atoms with Crippen molar-refractivity contribution in [3.8, 4) is 39.7 Å². The highest BCUT2D eigenvalue weighted by molar-refractivity contribution is 6.11. The second kappa shape index (κ2) is 11.4. The maximum Gasteiger partial charge on any atom is 0.218 e. The van der Waals surface area contributed by atoms with E-state index in [-0.39, 0.29) is 0 Å². The van der Waals surface area contributed by atoms with Crippen molar-refractivity contribution >= 4 is 55.0 Å². The molecule has 0 radical (unpaired) electrons. The van der Waals surface area contributed by atoms with Crippen LogP contribution in [0.2, 0.25) is 0 Å². The second-order valence-corrected chi connectivity index (χ2v) is 12.2. The summed E-state index contributed by atoms with van der Waals surface area (Å²) in [7, 11) is 0. The van der Waals surface area contributed by atoms with Gasteiger partial charge in [0.1, 0.15) is 0 Å². The van der Waals surface area contributed by atoms with Gasteiger partial charge in [0.25, 0.3) is 0 Å². The van der Waals surface area contributed by atoms with E-state index < -0.39 is 0 Å². The van der Waals surface area contributed by atoms with Crippen molar-refractivity contribution in [3.05, 3.63) is 180 Å². The van der Waals surface area contributed by atoms with Crippen molar-refractivity contribution in [2.75, 3.05) is 0 Å². The predicted molar refractivity (Wildman–Crippen MR) is 203 cm³/mol. The minimum Gasteiger partial charge on any atom is -0.319 e. The van der Waals surface area contributed by atoms with Crippen molar-refractivity contribution in [1.82, 2.24) is 9.13 Å². The quantitative estimate of drug-likeness (QED) is 0.177. The van der Waals surface area contributed by atoms with E-state index in [2.05, 4.69) is 110 Å². The summed E-state index contributed by atoms with van der Waals surface area (Å²) >= 11 is 0. The van der Waals surface area contributed by atoms with Gasteiger partial charge in [-0.05, 0) is 65.2 Å². The number of benzene rings is 7. The summed E-state index contributed by atoms with van der Waals surface area (Å²) in [6.45, 7) is 16.1. The minimum absolute atomic E-state index is 0.555. The van der Waals surface area contributed by atoms with Crippen molar-refractivity contribution in [3.63, 3.8) is 0 Å². The predicted octanol–water partition coefficient (Wildman–Crippen LogP) is 12.2. The molecule has 50 heavy (non-hydrogen) atoms. The number of aromatic nitrogens is 2. The zero-order valence-corrected chi connectivity index (χ0v) is 26.7. The largest absolute Gasteiger partial charge is 0.319 e. The lowest BCUT2D eigenvalue weighted by atomic mass is 9.97. The molecule has 0 aliphatic heterocycles. The molecular formula is C45H25N5. The van der Waals surface area contributed by atoms with Crippen LogP contribution in [0.1, 0.15) is 5.56 Å². The van der Waals surface area contributed by atoms with Crippen molar-refractivity contribution in [1.29, 1.82) is 5.26 Å². The topological polar surface area (TPSA) is 42.4 Å². The first-order valence-corrected chi connectivity index (χ1v) is 16.2. The number of hydrogen-bond acceptors (Lipinski definition) is 1. The summed E-state index contributed by atoms with van der Waals surface area (Å²) in [5, 5.41) is 13.9. The fourth-order valence-electron chi connectivity index (χ4n) is 7.39. The van der Waals surface area contributed by atoms with Crippen LogP contribution < -0.4 is 0 Å². The van der Waals surface area contributed by atoms with Crippen LogP contribution >= 0.6 is 0 Å². The summed E-state index contributed by atoms with van der Waals surface area (Å²) in [5.74, 6) is 0. The molecule has 0 atom stereocenters. The van der Waals surface area contributed by atoms with Crippen LogP contribution in [0.3, 0.4) is 0 Å². The van der Waals surface area contributed by atoms with E-state index in [1.807, 2.05) is 66.7 Å². The van der Waals surface area contributed by atoms with Crippen LogP contribution in [0.15, 0.2) is 152 Å². The molecule has 0 aliphatic carbocycles. The lowest BCUT2D eigenvalue weighted by Crippen LogP contribution is -1.97. The van der Waals surface area contributed by atoms with Gasteiger partial charge in [-0.2, -0.15) is 5.26 Å². The number of rotatable bonds is 4. The zero-order valence-electron chi connectivity index (χ0n) is 26.7. The van der Waals surface area contributed by atoms with E-state index in [1.165, 1.54) is 0 Å². The Morgan fingerprint density at radius 2 is 1.02 bits per heavy atom. The maximum absolute atomic E-state index is 9.59. The number of nitriles is 1. The Morgan fingerprint density at radius 1 is 0.460 bits per heavy atom. The molecule has 5 heteroatoms. The molecule has 0 bridgehead atoms. The second-order valence-electron chi connectivity index (χ2n) is 12.2. The Hall–Kier alpha value is -7.39. The molecule has 2 aromatic heterocycles. The summed E-state index contributed by atoms with van der Waals surface area (Å²) in [4.78, 5) is 7.88. The van der Waals surface area contributed by atoms with Gasteiger partial charge < -0.3 is 9.13 Å². The Morgan fingerprint density at radius 3 is 1.62 bits per heavy atom. The molecular weight excluding hydrogens is 611 g/mol. The number of nitrogens with zero attached hydrogens (tertiary/aromatic N) is 5. The third kappa shape index (κ3) is 4.31. The third-order valence-electron chi connectivity index (χ3n) is 9.61. The fourth-order valence-corrected chi connectivity index (χ4v) is 7.39. The Bertz CT molecular complexity index is 2900. The van der Waals surface area contributed by atoms with E-state index in [4.69, 9.17) is 13.1 Å². The van der Waals surface area contributed by atoms with Gasteiger partial charge in [-0.15, -0.1) is 0 Å². The van der Waals surface area contributed by atoms with Gasteiger partial charge in [0.15, 0.2) is 5.69 Å². The maximum atomic E-state index is 9.59. The SMILES string of the molecule is [C-]#[N+]c1ccc(-c2ccc(-c3cccc(-n4c5ccccc5c5cc(C#N)ccc54)c3[N+]#[C-])cc2)c(-n2c3ccccc3c3ccccc32)c1. The molecule has 0 aliphatic rings. The third-order valence-corrected chi connectivity index (χ3v) is 9.61. The molecule has 5 nitrogen and oxygen atoms in total. The van der Waals surface area contributed by atoms with Crippen molar-refractivity contribution in [2.45, 2.75) is 0 Å². The van der Waals surface area contributed by atoms with Crippen LogP contribution in [-0.4, -0.2) is 9.13 Å². The van der Waals surface area contributed by atoms with Crippen molar-refractivity contribution in [2.24, 2.45) is 0 Å². The van der Waals surface area contributed by atoms with Gasteiger partial charge in [0.2, 0.25) is 5.69 Å². The van der Waals surface area contributed by atoms with Gasteiger partial charge in [-0.25, -0.2) is 9.69 Å². The van der Waals surface area contributed by atoms with Crippen LogP contribution in [-0.2, 0) is 0 Å². The van der Waals surface area contributed by atoms with Gasteiger partial charge in [-0.3, -0.25) is 0 Å². The standard InChI is InChI=1S/C45H25N5/c1-47-32-23-24-33(44(27-32)50-39-14-6-3-10-35(39)36-11-4-7-15-40(36)50)30-19-21-31(22-20-30)34-13-9-17-43(45(34)48-2)49-41-16-8-5-12-37(41)38-26-29(28-46)18-25-42(38)49/h3-27H. The lowest BCUT2D eigenvalue weighted by Gasteiger charge is -2.16. The van der Waals surface area contributed by atoms with E-state index >= 15 is 0 Å². The van der Waals surface area contributed by atoms with Crippen LogP contribution in [0.5, 0.6) is 0 Å². The molecule has 2 heterocycles. The van der Waals surface area contributed by atoms with Gasteiger partial charge in [-0.1, -0.05) is 103 Å². The molecule has 0 amide bonds. The van der Waals surface area contributed by atoms with E-state index in [1.54, 1.807) is 0 Å². The van der Waals surface area contributed by atoms with E-state index in [0.29, 0.717) is 16.9 Å². The highest BCUT2D eigenvalue weighted by atomic mass is 15.0. The van der Waals surface area contributed by atoms with E-state index in [0.717, 1.165) is 77.2 Å². The highest BCUT2D eigenvalue weighted by Gasteiger charge is 2.19. The fraction of sp³-hybridized carbons (Fsp3) is 0. The van der Waals surface area contributed by atoms with Crippen LogP contribution in [0, 0.1) is 24.5 Å². The molecule has 9 rings (SSSR count). The lowest BCUT2D eigenvalue weighted by molar-refractivity contribution is 1.18. The van der Waals surface area contributed by atoms with Gasteiger partial charge in [0.05, 0.1) is 52.5 Å². The summed E-state index contributed by atoms with van der Waals surface area (Å²) in [5.41, 5.74) is 11.4. The first-order chi connectivity index (χ1) is 24.7. The Balaban J connectivity index is 1.20. The molecule has 230 valence electrons. The molecule has 0 N–H and O–H groups in total. The minimum atomic E-state index is 0.555. The molecule has 9 aromatic rings. The number of fused-ring (bicyclic) bond motifs is 6. The molecule has 0 unspecified atom stereocenters. The van der Waals surface area contributed by atoms with E-state index in [9.17, 15) is 5.26 Å². The highest BCUT2D eigenvalue weighted by Crippen LogP contribution is 2.42. The average Bonchev–Trinajstić information content (AvgIpc) is 3.70. The van der Waals surface area contributed by atoms with Crippen molar-refractivity contribution < 1.29 is 0 Å². The molecule has 0 saturated carbocycles. The summed E-state index contributed by atoms with van der Waals surface area (Å²) < 4.78 is 4.39. The summed E-state index contributed by atoms with van der Waals surface area (Å²) in [6.07, 6.45) is 0. The summed E-state index contributed by atoms with van der Waals surface area (Å²) in [6, 6.07) is 53.1. The Kier molecular flexibility index (Phi) is 6.56. The average molecular weight is 636 g/mol. The zero-order chi connectivity index (χ0) is 33.8. The Labute approximate surface area is 288 Å². The molecule has 0 saturated heterocycles. The monoisotopic (exact) mass is 635 g/mol. The number of hydrogen-bond donors (Lipinski definition) is 0.